The fraction of sp³-hybridized carbons (Fsp3) is 0.0417. The Labute approximate surface area is 299 Å². The Morgan fingerprint density at radius 2 is 1.06 bits per heavy atom. The molecule has 0 amide bonds. The first-order valence-corrected chi connectivity index (χ1v) is 17.3. The quantitative estimate of drug-likeness (QED) is 0.147. The Bertz CT molecular complexity index is 2460. The average molecular weight is 661 g/mol. The summed E-state index contributed by atoms with van der Waals surface area (Å²) in [6.45, 7) is 4.38. The summed E-state index contributed by atoms with van der Waals surface area (Å²) in [5.41, 5.74) is 13.0. The third-order valence-electron chi connectivity index (χ3n) is 9.67. The van der Waals surface area contributed by atoms with Gasteiger partial charge in [-0.05, 0) is 108 Å². The summed E-state index contributed by atoms with van der Waals surface area (Å²) >= 11 is 0. The average Bonchev–Trinajstić information content (AvgIpc) is 3.44. The lowest BCUT2D eigenvalue weighted by molar-refractivity contribution is 0.630. The van der Waals surface area contributed by atoms with Crippen molar-refractivity contribution in [2.75, 3.05) is 4.90 Å². The van der Waals surface area contributed by atoms with Crippen molar-refractivity contribution in [2.24, 2.45) is 0 Å². The SMILES string of the molecule is Cc1c(C)n(-c2ccccc2)c2ccc(/C=C/c3ccc(N(c4ccccc4)c4c(F)cc(-c5ccccc5)cc4-c4ccccc4)cc3)cc12. The second kappa shape index (κ2) is 13.8. The second-order valence-electron chi connectivity index (χ2n) is 12.8. The van der Waals surface area contributed by atoms with Gasteiger partial charge >= 0.3 is 0 Å². The highest BCUT2D eigenvalue weighted by molar-refractivity contribution is 5.92. The van der Waals surface area contributed by atoms with Crippen LogP contribution < -0.4 is 4.90 Å². The van der Waals surface area contributed by atoms with Crippen molar-refractivity contribution in [3.63, 3.8) is 0 Å². The zero-order valence-electron chi connectivity index (χ0n) is 28.7. The van der Waals surface area contributed by atoms with Crippen molar-refractivity contribution in [1.29, 1.82) is 0 Å². The Morgan fingerprint density at radius 1 is 0.510 bits per heavy atom. The third kappa shape index (κ3) is 6.26. The Kier molecular flexibility index (Phi) is 8.61. The zero-order valence-corrected chi connectivity index (χ0v) is 28.7. The van der Waals surface area contributed by atoms with Crippen LogP contribution in [0.15, 0.2) is 176 Å². The minimum Gasteiger partial charge on any atom is -0.314 e. The molecule has 0 saturated heterocycles. The molecule has 51 heavy (non-hydrogen) atoms. The molecule has 0 N–H and O–H groups in total. The van der Waals surface area contributed by atoms with Crippen LogP contribution in [0.25, 0.3) is 51.0 Å². The highest BCUT2D eigenvalue weighted by Gasteiger charge is 2.23. The van der Waals surface area contributed by atoms with Crippen LogP contribution >= 0.6 is 0 Å². The summed E-state index contributed by atoms with van der Waals surface area (Å²) in [5.74, 6) is -0.287. The second-order valence-corrected chi connectivity index (χ2v) is 12.8. The number of halogens is 1. The zero-order chi connectivity index (χ0) is 34.7. The van der Waals surface area contributed by atoms with Gasteiger partial charge in [-0.1, -0.05) is 127 Å². The van der Waals surface area contributed by atoms with Crippen LogP contribution in [0.3, 0.4) is 0 Å². The highest BCUT2D eigenvalue weighted by Crippen LogP contribution is 2.44. The molecule has 0 unspecified atom stereocenters. The lowest BCUT2D eigenvalue weighted by Crippen LogP contribution is -2.13. The fourth-order valence-corrected chi connectivity index (χ4v) is 6.98. The molecule has 0 fully saturated rings. The molecule has 8 aromatic rings. The van der Waals surface area contributed by atoms with Crippen LogP contribution in [-0.4, -0.2) is 4.57 Å². The van der Waals surface area contributed by atoms with Crippen molar-refractivity contribution in [3.05, 3.63) is 204 Å². The topological polar surface area (TPSA) is 8.17 Å². The monoisotopic (exact) mass is 660 g/mol. The summed E-state index contributed by atoms with van der Waals surface area (Å²) in [5, 5.41) is 1.25. The third-order valence-corrected chi connectivity index (χ3v) is 9.67. The number of hydrogen-bond donors (Lipinski definition) is 0. The van der Waals surface area contributed by atoms with Gasteiger partial charge in [-0.25, -0.2) is 4.39 Å². The fourth-order valence-electron chi connectivity index (χ4n) is 6.98. The van der Waals surface area contributed by atoms with Gasteiger partial charge in [-0.3, -0.25) is 0 Å². The number of para-hydroxylation sites is 2. The van der Waals surface area contributed by atoms with Gasteiger partial charge in [0.05, 0.1) is 11.2 Å². The molecular formula is C48H37FN2. The van der Waals surface area contributed by atoms with E-state index in [-0.39, 0.29) is 5.82 Å². The normalized spacial score (nSPS) is 11.4. The molecule has 2 nitrogen and oxygen atoms in total. The van der Waals surface area contributed by atoms with Crippen molar-refractivity contribution in [2.45, 2.75) is 13.8 Å². The molecule has 0 aliphatic rings. The molecule has 0 aliphatic carbocycles. The van der Waals surface area contributed by atoms with E-state index in [1.807, 2.05) is 95.9 Å². The van der Waals surface area contributed by atoms with Crippen molar-refractivity contribution in [1.82, 2.24) is 4.57 Å². The number of aryl methyl sites for hydroxylation is 1. The van der Waals surface area contributed by atoms with Gasteiger partial charge in [-0.2, -0.15) is 0 Å². The summed E-state index contributed by atoms with van der Waals surface area (Å²) in [6, 6.07) is 59.3. The van der Waals surface area contributed by atoms with Crippen molar-refractivity contribution >= 4 is 40.1 Å². The summed E-state index contributed by atoms with van der Waals surface area (Å²) in [6.07, 6.45) is 4.30. The van der Waals surface area contributed by atoms with Crippen LogP contribution in [0.2, 0.25) is 0 Å². The van der Waals surface area contributed by atoms with Gasteiger partial charge in [-0.15, -0.1) is 0 Å². The summed E-state index contributed by atoms with van der Waals surface area (Å²) in [7, 11) is 0. The smallest absolute Gasteiger partial charge is 0.148 e. The molecule has 1 aromatic heterocycles. The standard InChI is InChI=1S/C48H37FN2/c1-34-35(2)50(41-19-11-5-12-20-41)47-30-27-37(31-44(34)47)24-23-36-25-28-43(29-26-36)51(42-21-13-6-14-22-42)48-45(39-17-9-4-10-18-39)32-40(33-46(48)49)38-15-7-3-8-16-38/h3-33H,1-2H3/b24-23+. The molecule has 8 rings (SSSR count). The first kappa shape index (κ1) is 31.8. The molecule has 0 radical (unpaired) electrons. The number of rotatable bonds is 8. The maximum Gasteiger partial charge on any atom is 0.148 e. The van der Waals surface area contributed by atoms with Crippen molar-refractivity contribution in [3.8, 4) is 27.9 Å². The van der Waals surface area contributed by atoms with E-state index in [9.17, 15) is 0 Å². The van der Waals surface area contributed by atoms with E-state index in [0.29, 0.717) is 5.69 Å². The number of nitrogens with zero attached hydrogens (tertiary/aromatic N) is 2. The molecule has 0 bridgehead atoms. The van der Waals surface area contributed by atoms with Gasteiger partial charge < -0.3 is 9.47 Å². The van der Waals surface area contributed by atoms with Gasteiger partial charge in [0.25, 0.3) is 0 Å². The van der Waals surface area contributed by atoms with Crippen LogP contribution in [-0.2, 0) is 0 Å². The van der Waals surface area contributed by atoms with E-state index in [0.717, 1.165) is 44.8 Å². The number of aromatic nitrogens is 1. The maximum absolute atomic E-state index is 16.7. The minimum atomic E-state index is -0.287. The molecule has 1 heterocycles. The molecular weight excluding hydrogens is 624 g/mol. The van der Waals surface area contributed by atoms with Crippen LogP contribution in [0.1, 0.15) is 22.4 Å². The Hall–Kier alpha value is -6.45. The lowest BCUT2D eigenvalue weighted by Gasteiger charge is -2.29. The van der Waals surface area contributed by atoms with Crippen molar-refractivity contribution < 1.29 is 4.39 Å². The maximum atomic E-state index is 16.7. The predicted molar refractivity (Wildman–Crippen MR) is 214 cm³/mol. The molecule has 0 spiro atoms. The molecule has 0 aliphatic heterocycles. The summed E-state index contributed by atoms with van der Waals surface area (Å²) in [4.78, 5) is 2.02. The van der Waals surface area contributed by atoms with E-state index in [2.05, 4.69) is 109 Å². The van der Waals surface area contributed by atoms with Crippen LogP contribution in [0.4, 0.5) is 21.5 Å². The van der Waals surface area contributed by atoms with Gasteiger partial charge in [0, 0.05) is 33.7 Å². The Morgan fingerprint density at radius 3 is 1.73 bits per heavy atom. The number of anilines is 3. The molecule has 3 heteroatoms. The first-order valence-electron chi connectivity index (χ1n) is 17.3. The highest BCUT2D eigenvalue weighted by atomic mass is 19.1. The van der Waals surface area contributed by atoms with E-state index in [1.165, 1.54) is 27.8 Å². The number of benzene rings is 7. The van der Waals surface area contributed by atoms with Crippen LogP contribution in [0.5, 0.6) is 0 Å². The van der Waals surface area contributed by atoms with E-state index in [4.69, 9.17) is 0 Å². The molecule has 246 valence electrons. The summed E-state index contributed by atoms with van der Waals surface area (Å²) < 4.78 is 19.0. The first-order chi connectivity index (χ1) is 25.0. The minimum absolute atomic E-state index is 0.287. The lowest BCUT2D eigenvalue weighted by atomic mass is 9.95. The molecule has 0 saturated carbocycles. The van der Waals surface area contributed by atoms with Gasteiger partial charge in [0.1, 0.15) is 5.82 Å². The van der Waals surface area contributed by atoms with Gasteiger partial charge in [0.2, 0.25) is 0 Å². The van der Waals surface area contributed by atoms with Gasteiger partial charge in [0.15, 0.2) is 0 Å². The van der Waals surface area contributed by atoms with E-state index in [1.54, 1.807) is 6.07 Å². The van der Waals surface area contributed by atoms with E-state index >= 15 is 4.39 Å². The molecule has 0 atom stereocenters. The van der Waals surface area contributed by atoms with Crippen LogP contribution in [0, 0.1) is 19.7 Å². The van der Waals surface area contributed by atoms with E-state index < -0.39 is 0 Å². The predicted octanol–water partition coefficient (Wildman–Crippen LogP) is 13.4. The number of fused-ring (bicyclic) bond motifs is 1. The number of hydrogen-bond acceptors (Lipinski definition) is 1. The Balaban J connectivity index is 1.17. The molecule has 7 aromatic carbocycles. The largest absolute Gasteiger partial charge is 0.314 e.